The molecule has 0 unspecified atom stereocenters. The standard InChI is InChI=1S/C15H21ClN2S2/c1-4-17-8-14-7-12(11(2)19-14)9-18(3)10-13-5-6-15(16)20-13/h5-7,17H,4,8-10H2,1-3H3. The number of nitrogens with one attached hydrogen (secondary N) is 1. The Kier molecular flexibility index (Phi) is 6.05. The monoisotopic (exact) mass is 328 g/mol. The van der Waals surface area contributed by atoms with E-state index >= 15 is 0 Å². The molecular weight excluding hydrogens is 308 g/mol. The van der Waals surface area contributed by atoms with Crippen molar-refractivity contribution in [1.29, 1.82) is 0 Å². The first-order valence-electron chi connectivity index (χ1n) is 6.80. The number of nitrogens with zero attached hydrogens (tertiary/aromatic N) is 1. The molecule has 110 valence electrons. The van der Waals surface area contributed by atoms with E-state index in [1.165, 1.54) is 20.2 Å². The molecule has 0 radical (unpaired) electrons. The highest BCUT2D eigenvalue weighted by atomic mass is 35.5. The fourth-order valence-electron chi connectivity index (χ4n) is 2.13. The number of halogens is 1. The maximum absolute atomic E-state index is 5.98. The number of thiophene rings is 2. The molecule has 1 N–H and O–H groups in total. The van der Waals surface area contributed by atoms with Crippen molar-refractivity contribution in [3.05, 3.63) is 42.7 Å². The molecule has 0 aliphatic rings. The van der Waals surface area contributed by atoms with Crippen molar-refractivity contribution in [2.45, 2.75) is 33.5 Å². The molecule has 0 spiro atoms. The van der Waals surface area contributed by atoms with Crippen molar-refractivity contribution >= 4 is 34.3 Å². The van der Waals surface area contributed by atoms with E-state index in [-0.39, 0.29) is 0 Å². The van der Waals surface area contributed by atoms with Crippen LogP contribution in [0.25, 0.3) is 0 Å². The lowest BCUT2D eigenvalue weighted by molar-refractivity contribution is 0.322. The van der Waals surface area contributed by atoms with Gasteiger partial charge in [0.05, 0.1) is 4.34 Å². The summed E-state index contributed by atoms with van der Waals surface area (Å²) < 4.78 is 0.869. The second-order valence-corrected chi connectivity index (χ2v) is 8.09. The predicted octanol–water partition coefficient (Wildman–Crippen LogP) is 4.51. The predicted molar refractivity (Wildman–Crippen MR) is 90.9 cm³/mol. The van der Waals surface area contributed by atoms with Gasteiger partial charge in [-0.3, -0.25) is 4.90 Å². The van der Waals surface area contributed by atoms with Gasteiger partial charge in [-0.1, -0.05) is 18.5 Å². The smallest absolute Gasteiger partial charge is 0.0931 e. The summed E-state index contributed by atoms with van der Waals surface area (Å²) in [5, 5.41) is 3.38. The van der Waals surface area contributed by atoms with E-state index < -0.39 is 0 Å². The maximum atomic E-state index is 5.98. The zero-order valence-electron chi connectivity index (χ0n) is 12.2. The molecule has 2 aromatic heterocycles. The van der Waals surface area contributed by atoms with E-state index in [4.69, 9.17) is 11.6 Å². The summed E-state index contributed by atoms with van der Waals surface area (Å²) in [4.78, 5) is 6.51. The number of hydrogen-bond acceptors (Lipinski definition) is 4. The van der Waals surface area contributed by atoms with E-state index in [0.29, 0.717) is 0 Å². The second kappa shape index (κ2) is 7.57. The lowest BCUT2D eigenvalue weighted by Crippen LogP contribution is -2.16. The van der Waals surface area contributed by atoms with E-state index in [1.807, 2.05) is 17.4 Å². The minimum absolute atomic E-state index is 0.869. The molecule has 20 heavy (non-hydrogen) atoms. The number of hydrogen-bond donors (Lipinski definition) is 1. The molecule has 0 amide bonds. The van der Waals surface area contributed by atoms with Gasteiger partial charge in [-0.05, 0) is 44.3 Å². The summed E-state index contributed by atoms with van der Waals surface area (Å²) in [5.41, 5.74) is 1.44. The van der Waals surface area contributed by atoms with Crippen LogP contribution >= 0.6 is 34.3 Å². The van der Waals surface area contributed by atoms with Crippen molar-refractivity contribution in [1.82, 2.24) is 10.2 Å². The normalized spacial score (nSPS) is 11.4. The van der Waals surface area contributed by atoms with Crippen LogP contribution in [0.15, 0.2) is 18.2 Å². The van der Waals surface area contributed by atoms with Crippen LogP contribution in [0.1, 0.15) is 27.1 Å². The van der Waals surface area contributed by atoms with Crippen LogP contribution < -0.4 is 5.32 Å². The molecule has 2 rings (SSSR count). The van der Waals surface area contributed by atoms with Gasteiger partial charge >= 0.3 is 0 Å². The number of rotatable bonds is 7. The average Bonchev–Trinajstić information content (AvgIpc) is 2.94. The molecule has 0 bridgehead atoms. The topological polar surface area (TPSA) is 15.3 Å². The Morgan fingerprint density at radius 3 is 2.65 bits per heavy atom. The van der Waals surface area contributed by atoms with Crippen molar-refractivity contribution in [3.8, 4) is 0 Å². The lowest BCUT2D eigenvalue weighted by atomic mass is 10.2. The van der Waals surface area contributed by atoms with Gasteiger partial charge in [-0.2, -0.15) is 0 Å². The fraction of sp³-hybridized carbons (Fsp3) is 0.467. The summed E-state index contributed by atoms with van der Waals surface area (Å²) in [6.45, 7) is 8.30. The Hall–Kier alpha value is -0.390. The molecule has 2 heterocycles. The van der Waals surface area contributed by atoms with Gasteiger partial charge < -0.3 is 5.32 Å². The summed E-state index contributed by atoms with van der Waals surface area (Å²) >= 11 is 9.54. The van der Waals surface area contributed by atoms with Crippen LogP contribution in [0, 0.1) is 6.92 Å². The van der Waals surface area contributed by atoms with Crippen LogP contribution in [-0.4, -0.2) is 18.5 Å². The van der Waals surface area contributed by atoms with Crippen molar-refractivity contribution in [2.75, 3.05) is 13.6 Å². The van der Waals surface area contributed by atoms with Crippen LogP contribution in [-0.2, 0) is 19.6 Å². The van der Waals surface area contributed by atoms with E-state index in [1.54, 1.807) is 11.3 Å². The highest BCUT2D eigenvalue weighted by Crippen LogP contribution is 2.25. The largest absolute Gasteiger partial charge is 0.312 e. The molecule has 2 aromatic rings. The van der Waals surface area contributed by atoms with Gasteiger partial charge in [-0.15, -0.1) is 22.7 Å². The van der Waals surface area contributed by atoms with Crippen molar-refractivity contribution in [3.63, 3.8) is 0 Å². The van der Waals surface area contributed by atoms with Gasteiger partial charge in [-0.25, -0.2) is 0 Å². The minimum atomic E-state index is 0.869. The Labute approximate surface area is 134 Å². The first-order chi connectivity index (χ1) is 9.58. The highest BCUT2D eigenvalue weighted by molar-refractivity contribution is 7.16. The van der Waals surface area contributed by atoms with Gasteiger partial charge in [0.1, 0.15) is 0 Å². The van der Waals surface area contributed by atoms with E-state index in [2.05, 4.69) is 43.2 Å². The second-order valence-electron chi connectivity index (χ2n) is 4.95. The zero-order chi connectivity index (χ0) is 14.5. The Bertz CT molecular complexity index is 548. The molecule has 0 saturated heterocycles. The molecule has 0 aliphatic heterocycles. The average molecular weight is 329 g/mol. The Morgan fingerprint density at radius 1 is 1.20 bits per heavy atom. The summed E-state index contributed by atoms with van der Waals surface area (Å²) in [7, 11) is 2.16. The third-order valence-electron chi connectivity index (χ3n) is 3.12. The Morgan fingerprint density at radius 2 is 2.00 bits per heavy atom. The summed E-state index contributed by atoms with van der Waals surface area (Å²) in [6, 6.07) is 6.42. The highest BCUT2D eigenvalue weighted by Gasteiger charge is 2.09. The Balaban J connectivity index is 1.93. The first kappa shape index (κ1) is 16.0. The maximum Gasteiger partial charge on any atom is 0.0931 e. The first-order valence-corrected chi connectivity index (χ1v) is 8.81. The third-order valence-corrected chi connectivity index (χ3v) is 5.42. The van der Waals surface area contributed by atoms with Crippen LogP contribution in [0.2, 0.25) is 4.34 Å². The molecule has 5 heteroatoms. The summed E-state index contributed by atoms with van der Waals surface area (Å²) in [5.74, 6) is 0. The van der Waals surface area contributed by atoms with Crippen LogP contribution in [0.5, 0.6) is 0 Å². The molecule has 0 atom stereocenters. The zero-order valence-corrected chi connectivity index (χ0v) is 14.6. The molecule has 2 nitrogen and oxygen atoms in total. The van der Waals surface area contributed by atoms with Gasteiger partial charge in [0.2, 0.25) is 0 Å². The van der Waals surface area contributed by atoms with E-state index in [0.717, 1.165) is 30.5 Å². The molecule has 0 aliphatic carbocycles. The van der Waals surface area contributed by atoms with Crippen LogP contribution in [0.3, 0.4) is 0 Å². The molecular formula is C15H21ClN2S2. The third kappa shape index (κ3) is 4.57. The van der Waals surface area contributed by atoms with Crippen LogP contribution in [0.4, 0.5) is 0 Å². The minimum Gasteiger partial charge on any atom is -0.312 e. The fourth-order valence-corrected chi connectivity index (χ4v) is 4.32. The van der Waals surface area contributed by atoms with Crippen molar-refractivity contribution < 1.29 is 0 Å². The van der Waals surface area contributed by atoms with Gasteiger partial charge in [0.25, 0.3) is 0 Å². The van der Waals surface area contributed by atoms with E-state index in [9.17, 15) is 0 Å². The summed E-state index contributed by atoms with van der Waals surface area (Å²) in [6.07, 6.45) is 0. The molecule has 0 aromatic carbocycles. The van der Waals surface area contributed by atoms with Crippen molar-refractivity contribution in [2.24, 2.45) is 0 Å². The SMILES string of the molecule is CCNCc1cc(CN(C)Cc2ccc(Cl)s2)c(C)s1. The number of aryl methyl sites for hydroxylation is 1. The van der Waals surface area contributed by atoms with Gasteiger partial charge in [0.15, 0.2) is 0 Å². The van der Waals surface area contributed by atoms with Gasteiger partial charge in [0, 0.05) is 34.3 Å². The molecule has 0 fully saturated rings. The lowest BCUT2D eigenvalue weighted by Gasteiger charge is -2.15. The molecule has 0 saturated carbocycles. The quantitative estimate of drug-likeness (QED) is 0.804.